The summed E-state index contributed by atoms with van der Waals surface area (Å²) < 4.78 is 0. The fourth-order valence-electron chi connectivity index (χ4n) is 1.68. The topological polar surface area (TPSA) is 46.2 Å². The highest BCUT2D eigenvalue weighted by Gasteiger charge is 2.11. The zero-order valence-corrected chi connectivity index (χ0v) is 8.42. The molecular weight excluding hydrogens is 150 g/mol. The first-order valence-electron chi connectivity index (χ1n) is 5.12. The molecule has 0 aliphatic heterocycles. The molecule has 0 radical (unpaired) electrons. The van der Waals surface area contributed by atoms with E-state index in [1.807, 2.05) is 0 Å². The minimum absolute atomic E-state index is 0.284. The van der Waals surface area contributed by atoms with Gasteiger partial charge in [-0.1, -0.05) is 39.5 Å². The van der Waals surface area contributed by atoms with Crippen molar-refractivity contribution in [3.8, 4) is 0 Å². The standard InChI is InChI=1S/C10H23NO/c1-3-5-9(6-4-2)7-10(12)8-11/h9-10,12H,3-8,11H2,1-2H3. The van der Waals surface area contributed by atoms with Crippen LogP contribution in [0.15, 0.2) is 0 Å². The number of hydrogen-bond acceptors (Lipinski definition) is 2. The van der Waals surface area contributed by atoms with E-state index in [4.69, 9.17) is 5.73 Å². The van der Waals surface area contributed by atoms with Gasteiger partial charge in [-0.05, 0) is 12.3 Å². The Morgan fingerprint density at radius 1 is 1.17 bits per heavy atom. The second-order valence-electron chi connectivity index (χ2n) is 3.57. The predicted molar refractivity (Wildman–Crippen MR) is 53.0 cm³/mol. The van der Waals surface area contributed by atoms with Crippen LogP contribution >= 0.6 is 0 Å². The van der Waals surface area contributed by atoms with Crippen LogP contribution < -0.4 is 5.73 Å². The van der Waals surface area contributed by atoms with Crippen molar-refractivity contribution in [2.24, 2.45) is 11.7 Å². The second-order valence-corrected chi connectivity index (χ2v) is 3.57. The van der Waals surface area contributed by atoms with E-state index < -0.39 is 0 Å². The van der Waals surface area contributed by atoms with E-state index in [0.29, 0.717) is 12.5 Å². The smallest absolute Gasteiger partial charge is 0.0665 e. The third-order valence-corrected chi connectivity index (χ3v) is 2.27. The maximum absolute atomic E-state index is 9.36. The van der Waals surface area contributed by atoms with E-state index in [1.54, 1.807) is 0 Å². The second kappa shape index (κ2) is 7.56. The highest BCUT2D eigenvalue weighted by Crippen LogP contribution is 2.18. The lowest BCUT2D eigenvalue weighted by Crippen LogP contribution is -2.22. The molecule has 0 amide bonds. The lowest BCUT2D eigenvalue weighted by Gasteiger charge is -2.17. The number of rotatable bonds is 7. The van der Waals surface area contributed by atoms with Gasteiger partial charge < -0.3 is 10.8 Å². The van der Waals surface area contributed by atoms with E-state index >= 15 is 0 Å². The molecule has 0 saturated heterocycles. The zero-order chi connectivity index (χ0) is 9.40. The van der Waals surface area contributed by atoms with Crippen LogP contribution in [0.1, 0.15) is 46.0 Å². The third kappa shape index (κ3) is 5.56. The van der Waals surface area contributed by atoms with Crippen molar-refractivity contribution in [1.29, 1.82) is 0 Å². The van der Waals surface area contributed by atoms with Crippen LogP contribution in [0.4, 0.5) is 0 Å². The number of hydrogen-bond donors (Lipinski definition) is 2. The molecule has 74 valence electrons. The lowest BCUT2D eigenvalue weighted by molar-refractivity contribution is 0.143. The molecule has 0 spiro atoms. The number of aliphatic hydroxyl groups excluding tert-OH is 1. The van der Waals surface area contributed by atoms with Crippen molar-refractivity contribution < 1.29 is 5.11 Å². The zero-order valence-electron chi connectivity index (χ0n) is 8.42. The Hall–Kier alpha value is -0.0800. The van der Waals surface area contributed by atoms with Gasteiger partial charge in [0.25, 0.3) is 0 Å². The van der Waals surface area contributed by atoms with Crippen molar-refractivity contribution in [1.82, 2.24) is 0 Å². The molecular formula is C10H23NO. The maximum atomic E-state index is 9.36. The van der Waals surface area contributed by atoms with Crippen molar-refractivity contribution >= 4 is 0 Å². The minimum atomic E-state index is -0.284. The maximum Gasteiger partial charge on any atom is 0.0665 e. The van der Waals surface area contributed by atoms with E-state index in [-0.39, 0.29) is 6.10 Å². The minimum Gasteiger partial charge on any atom is -0.392 e. The summed E-state index contributed by atoms with van der Waals surface area (Å²) in [7, 11) is 0. The Morgan fingerprint density at radius 2 is 1.67 bits per heavy atom. The summed E-state index contributed by atoms with van der Waals surface area (Å²) in [4.78, 5) is 0. The van der Waals surface area contributed by atoms with Crippen molar-refractivity contribution in [3.63, 3.8) is 0 Å². The molecule has 1 atom stereocenters. The molecule has 1 unspecified atom stereocenters. The molecule has 2 heteroatoms. The summed E-state index contributed by atoms with van der Waals surface area (Å²) in [6, 6.07) is 0. The normalized spacial score (nSPS) is 13.8. The van der Waals surface area contributed by atoms with Crippen LogP contribution in [0.3, 0.4) is 0 Å². The summed E-state index contributed by atoms with van der Waals surface area (Å²) >= 11 is 0. The molecule has 0 aromatic rings. The Morgan fingerprint density at radius 3 is 2.00 bits per heavy atom. The largest absolute Gasteiger partial charge is 0.392 e. The third-order valence-electron chi connectivity index (χ3n) is 2.27. The van der Waals surface area contributed by atoms with Crippen LogP contribution in [0.5, 0.6) is 0 Å². The Labute approximate surface area is 76.2 Å². The number of nitrogens with two attached hydrogens (primary N) is 1. The van der Waals surface area contributed by atoms with Gasteiger partial charge >= 0.3 is 0 Å². The van der Waals surface area contributed by atoms with E-state index in [0.717, 1.165) is 6.42 Å². The highest BCUT2D eigenvalue weighted by molar-refractivity contribution is 4.65. The van der Waals surface area contributed by atoms with Crippen LogP contribution in [0.2, 0.25) is 0 Å². The van der Waals surface area contributed by atoms with Crippen molar-refractivity contribution in [2.45, 2.75) is 52.1 Å². The average molecular weight is 173 g/mol. The molecule has 0 aliphatic carbocycles. The van der Waals surface area contributed by atoms with Crippen LogP contribution in [-0.4, -0.2) is 17.8 Å². The van der Waals surface area contributed by atoms with Crippen LogP contribution in [-0.2, 0) is 0 Å². The molecule has 2 nitrogen and oxygen atoms in total. The lowest BCUT2D eigenvalue weighted by atomic mass is 9.92. The SMILES string of the molecule is CCCC(CCC)CC(O)CN. The molecule has 0 saturated carbocycles. The van der Waals surface area contributed by atoms with Crippen molar-refractivity contribution in [2.75, 3.05) is 6.54 Å². The first-order chi connectivity index (χ1) is 5.74. The molecule has 0 rings (SSSR count). The molecule has 0 heterocycles. The van der Waals surface area contributed by atoms with E-state index in [2.05, 4.69) is 13.8 Å². The van der Waals surface area contributed by atoms with Gasteiger partial charge in [0.1, 0.15) is 0 Å². The van der Waals surface area contributed by atoms with E-state index in [9.17, 15) is 5.11 Å². The Kier molecular flexibility index (Phi) is 7.51. The molecule has 0 aliphatic rings. The van der Waals surface area contributed by atoms with Gasteiger partial charge in [0.05, 0.1) is 6.10 Å². The fourth-order valence-corrected chi connectivity index (χ4v) is 1.68. The van der Waals surface area contributed by atoms with Crippen LogP contribution in [0.25, 0.3) is 0 Å². The van der Waals surface area contributed by atoms with Crippen LogP contribution in [0, 0.1) is 5.92 Å². The van der Waals surface area contributed by atoms with E-state index in [1.165, 1.54) is 25.7 Å². The quantitative estimate of drug-likeness (QED) is 0.618. The predicted octanol–water partition coefficient (Wildman–Crippen LogP) is 1.91. The summed E-state index contributed by atoms with van der Waals surface area (Å²) in [5.74, 6) is 0.679. The van der Waals surface area contributed by atoms with Gasteiger partial charge in [0.2, 0.25) is 0 Å². The molecule has 12 heavy (non-hydrogen) atoms. The average Bonchev–Trinajstić information content (AvgIpc) is 2.05. The monoisotopic (exact) mass is 173 g/mol. The Bertz CT molecular complexity index is 89.8. The van der Waals surface area contributed by atoms with Gasteiger partial charge in [-0.3, -0.25) is 0 Å². The highest BCUT2D eigenvalue weighted by atomic mass is 16.3. The summed E-state index contributed by atoms with van der Waals surface area (Å²) in [6.07, 6.45) is 5.48. The van der Waals surface area contributed by atoms with Gasteiger partial charge in [-0.25, -0.2) is 0 Å². The molecule has 0 bridgehead atoms. The fraction of sp³-hybridized carbons (Fsp3) is 1.00. The van der Waals surface area contributed by atoms with Gasteiger partial charge in [-0.15, -0.1) is 0 Å². The summed E-state index contributed by atoms with van der Waals surface area (Å²) in [5.41, 5.74) is 5.36. The molecule has 0 aromatic heterocycles. The Balaban J connectivity index is 3.61. The summed E-state index contributed by atoms with van der Waals surface area (Å²) in [6.45, 7) is 4.79. The molecule has 0 fully saturated rings. The van der Waals surface area contributed by atoms with Gasteiger partial charge in [0, 0.05) is 6.54 Å². The first kappa shape index (κ1) is 11.9. The first-order valence-corrected chi connectivity index (χ1v) is 5.12. The number of aliphatic hydroxyl groups is 1. The summed E-state index contributed by atoms with van der Waals surface area (Å²) in [5, 5.41) is 9.36. The molecule has 3 N–H and O–H groups in total. The van der Waals surface area contributed by atoms with Gasteiger partial charge in [-0.2, -0.15) is 0 Å². The molecule has 0 aromatic carbocycles. The van der Waals surface area contributed by atoms with Gasteiger partial charge in [0.15, 0.2) is 0 Å². The van der Waals surface area contributed by atoms with Crippen molar-refractivity contribution in [3.05, 3.63) is 0 Å².